The van der Waals surface area contributed by atoms with E-state index in [9.17, 15) is 4.79 Å². The van der Waals surface area contributed by atoms with Gasteiger partial charge in [-0.2, -0.15) is 0 Å². The molecule has 0 radical (unpaired) electrons. The van der Waals surface area contributed by atoms with Gasteiger partial charge in [0.05, 0.1) is 15.7 Å². The molecule has 0 aliphatic rings. The largest absolute Gasteiger partial charge is 0.298 e. The first kappa shape index (κ1) is 17.0. The zero-order chi connectivity index (χ0) is 17.1. The molecule has 1 heterocycles. The normalized spacial score (nSPS) is 10.6. The van der Waals surface area contributed by atoms with Crippen molar-refractivity contribution in [2.45, 2.75) is 13.3 Å². The summed E-state index contributed by atoms with van der Waals surface area (Å²) >= 11 is 13.5. The number of nitrogens with zero attached hydrogens (tertiary/aromatic N) is 1. The maximum absolute atomic E-state index is 12.2. The van der Waals surface area contributed by atoms with Crippen LogP contribution < -0.4 is 5.32 Å². The molecule has 0 aliphatic carbocycles. The molecule has 1 amide bonds. The van der Waals surface area contributed by atoms with Gasteiger partial charge in [0.25, 0.3) is 5.91 Å². The van der Waals surface area contributed by atoms with Gasteiger partial charge in [0.15, 0.2) is 5.13 Å². The van der Waals surface area contributed by atoms with E-state index >= 15 is 0 Å². The Morgan fingerprint density at radius 3 is 2.58 bits per heavy atom. The molecule has 0 saturated carbocycles. The highest BCUT2D eigenvalue weighted by Gasteiger charge is 2.12. The summed E-state index contributed by atoms with van der Waals surface area (Å²) in [4.78, 5) is 17.7. The fourth-order valence-electron chi connectivity index (χ4n) is 2.24. The van der Waals surface area contributed by atoms with Crippen LogP contribution in [0, 0.1) is 6.92 Å². The maximum atomic E-state index is 12.2. The lowest BCUT2D eigenvalue weighted by molar-refractivity contribution is 0.102. The van der Waals surface area contributed by atoms with Crippen molar-refractivity contribution in [3.05, 3.63) is 80.3 Å². The minimum Gasteiger partial charge on any atom is -0.298 e. The topological polar surface area (TPSA) is 42.0 Å². The number of carbonyl (C=O) groups is 1. The number of hydrogen-bond acceptors (Lipinski definition) is 3. The first-order valence-corrected chi connectivity index (χ1v) is 8.87. The minimum atomic E-state index is -0.162. The van der Waals surface area contributed by atoms with E-state index in [0.29, 0.717) is 27.2 Å². The number of benzene rings is 2. The molecule has 0 saturated heterocycles. The zero-order valence-electron chi connectivity index (χ0n) is 12.8. The molecule has 0 atom stereocenters. The Kier molecular flexibility index (Phi) is 5.19. The summed E-state index contributed by atoms with van der Waals surface area (Å²) in [5.41, 5.74) is 2.56. The van der Waals surface area contributed by atoms with E-state index in [-0.39, 0.29) is 5.91 Å². The highest BCUT2D eigenvalue weighted by atomic mass is 35.5. The van der Waals surface area contributed by atoms with Gasteiger partial charge in [-0.15, -0.1) is 11.3 Å². The molecule has 3 nitrogen and oxygen atoms in total. The Morgan fingerprint density at radius 1 is 1.12 bits per heavy atom. The molecule has 0 aliphatic heterocycles. The van der Waals surface area contributed by atoms with Crippen LogP contribution in [-0.2, 0) is 6.42 Å². The monoisotopic (exact) mass is 376 g/mol. The lowest BCUT2D eigenvalue weighted by Crippen LogP contribution is -2.11. The average molecular weight is 377 g/mol. The highest BCUT2D eigenvalue weighted by Crippen LogP contribution is 2.28. The number of anilines is 1. The van der Waals surface area contributed by atoms with E-state index in [0.717, 1.165) is 16.1 Å². The van der Waals surface area contributed by atoms with Crippen LogP contribution in [0.1, 0.15) is 26.5 Å². The van der Waals surface area contributed by atoms with Crippen molar-refractivity contribution in [2.24, 2.45) is 0 Å². The van der Waals surface area contributed by atoms with E-state index in [1.165, 1.54) is 11.3 Å². The number of amides is 1. The Labute approximate surface area is 154 Å². The fraction of sp³-hybridized carbons (Fsp3) is 0.111. The Bertz CT molecular complexity index is 878. The predicted octanol–water partition coefficient (Wildman–Crippen LogP) is 5.60. The molecule has 0 bridgehead atoms. The number of nitrogens with one attached hydrogen (secondary N) is 1. The molecular weight excluding hydrogens is 363 g/mol. The summed E-state index contributed by atoms with van der Waals surface area (Å²) in [6, 6.07) is 14.7. The van der Waals surface area contributed by atoms with Gasteiger partial charge in [-0.3, -0.25) is 10.1 Å². The maximum Gasteiger partial charge on any atom is 0.257 e. The van der Waals surface area contributed by atoms with Gasteiger partial charge >= 0.3 is 0 Å². The van der Waals surface area contributed by atoms with Gasteiger partial charge in [0.1, 0.15) is 0 Å². The van der Waals surface area contributed by atoms with Crippen molar-refractivity contribution in [1.82, 2.24) is 4.98 Å². The second-order valence-electron chi connectivity index (χ2n) is 5.27. The van der Waals surface area contributed by atoms with Crippen molar-refractivity contribution in [3.63, 3.8) is 0 Å². The number of aromatic nitrogens is 1. The second-order valence-corrected chi connectivity index (χ2v) is 7.17. The van der Waals surface area contributed by atoms with Gasteiger partial charge in [-0.05, 0) is 36.8 Å². The van der Waals surface area contributed by atoms with Crippen LogP contribution in [0.2, 0.25) is 10.0 Å². The number of hydrogen-bond donors (Lipinski definition) is 1. The van der Waals surface area contributed by atoms with E-state index in [4.69, 9.17) is 23.2 Å². The van der Waals surface area contributed by atoms with Crippen LogP contribution in [0.15, 0.2) is 48.5 Å². The average Bonchev–Trinajstić information content (AvgIpc) is 2.91. The van der Waals surface area contributed by atoms with Gasteiger partial charge in [-0.25, -0.2) is 4.98 Å². The first-order valence-electron chi connectivity index (χ1n) is 7.29. The van der Waals surface area contributed by atoms with Crippen LogP contribution in [0.25, 0.3) is 0 Å². The molecule has 3 rings (SSSR count). The minimum absolute atomic E-state index is 0.162. The Hall–Kier alpha value is -1.88. The summed E-state index contributed by atoms with van der Waals surface area (Å²) < 4.78 is 0. The van der Waals surface area contributed by atoms with Gasteiger partial charge in [0, 0.05) is 16.9 Å². The van der Waals surface area contributed by atoms with E-state index in [1.54, 1.807) is 18.2 Å². The predicted molar refractivity (Wildman–Crippen MR) is 101 cm³/mol. The lowest BCUT2D eigenvalue weighted by atomic mass is 10.1. The Balaban J connectivity index is 1.75. The van der Waals surface area contributed by atoms with Crippen LogP contribution in [0.5, 0.6) is 0 Å². The van der Waals surface area contributed by atoms with E-state index in [2.05, 4.69) is 10.3 Å². The van der Waals surface area contributed by atoms with Crippen LogP contribution in [0.4, 0.5) is 5.13 Å². The molecule has 3 aromatic rings. The highest BCUT2D eigenvalue weighted by molar-refractivity contribution is 7.15. The number of thiazole rings is 1. The lowest BCUT2D eigenvalue weighted by Gasteiger charge is -2.02. The molecule has 0 unspecified atom stereocenters. The Morgan fingerprint density at radius 2 is 1.88 bits per heavy atom. The van der Waals surface area contributed by atoms with Gasteiger partial charge in [-0.1, -0.05) is 47.5 Å². The molecule has 2 aromatic carbocycles. The third-order valence-electron chi connectivity index (χ3n) is 3.50. The van der Waals surface area contributed by atoms with Gasteiger partial charge in [0.2, 0.25) is 0 Å². The van der Waals surface area contributed by atoms with Crippen molar-refractivity contribution in [2.75, 3.05) is 5.32 Å². The molecular formula is C18H14Cl2N2OS. The third kappa shape index (κ3) is 3.96. The SMILES string of the molecule is Cc1nc(NC(=O)c2ccccc2)sc1Cc1ccc(Cl)c(Cl)c1. The van der Waals surface area contributed by atoms with Crippen molar-refractivity contribution >= 4 is 45.6 Å². The summed E-state index contributed by atoms with van der Waals surface area (Å²) in [6.07, 6.45) is 0.696. The van der Waals surface area contributed by atoms with Crippen LogP contribution >= 0.6 is 34.5 Å². The molecule has 0 spiro atoms. The van der Waals surface area contributed by atoms with Crippen molar-refractivity contribution in [1.29, 1.82) is 0 Å². The number of carbonyl (C=O) groups excluding carboxylic acids is 1. The quantitative estimate of drug-likeness (QED) is 0.643. The van der Waals surface area contributed by atoms with E-state index in [1.807, 2.05) is 37.3 Å². The van der Waals surface area contributed by atoms with Crippen LogP contribution in [-0.4, -0.2) is 10.9 Å². The van der Waals surface area contributed by atoms with E-state index < -0.39 is 0 Å². The van der Waals surface area contributed by atoms with Crippen molar-refractivity contribution < 1.29 is 4.79 Å². The second kappa shape index (κ2) is 7.34. The molecule has 1 aromatic heterocycles. The zero-order valence-corrected chi connectivity index (χ0v) is 15.2. The number of aryl methyl sites for hydroxylation is 1. The fourth-order valence-corrected chi connectivity index (χ4v) is 3.55. The molecule has 24 heavy (non-hydrogen) atoms. The summed E-state index contributed by atoms with van der Waals surface area (Å²) in [5.74, 6) is -0.162. The van der Waals surface area contributed by atoms with Crippen molar-refractivity contribution in [3.8, 4) is 0 Å². The smallest absolute Gasteiger partial charge is 0.257 e. The van der Waals surface area contributed by atoms with Crippen LogP contribution in [0.3, 0.4) is 0 Å². The molecule has 122 valence electrons. The summed E-state index contributed by atoms with van der Waals surface area (Å²) in [5, 5.41) is 4.52. The number of rotatable bonds is 4. The molecule has 0 fully saturated rings. The standard InChI is InChI=1S/C18H14Cl2N2OS/c1-11-16(10-12-7-8-14(19)15(20)9-12)24-18(21-11)22-17(23)13-5-3-2-4-6-13/h2-9H,10H2,1H3,(H,21,22,23). The summed E-state index contributed by atoms with van der Waals surface area (Å²) in [7, 11) is 0. The third-order valence-corrected chi connectivity index (χ3v) is 5.31. The molecule has 1 N–H and O–H groups in total. The van der Waals surface area contributed by atoms with Gasteiger partial charge < -0.3 is 0 Å². The number of halogens is 2. The first-order chi connectivity index (χ1) is 11.5. The molecule has 6 heteroatoms. The summed E-state index contributed by atoms with van der Waals surface area (Å²) in [6.45, 7) is 1.93.